The fourth-order valence-corrected chi connectivity index (χ4v) is 2.14. The van der Waals surface area contributed by atoms with Gasteiger partial charge in [-0.1, -0.05) is 30.3 Å². The van der Waals surface area contributed by atoms with E-state index in [0.717, 1.165) is 0 Å². The fourth-order valence-electron chi connectivity index (χ4n) is 2.14. The topological polar surface area (TPSA) is 63.6 Å². The number of ether oxygens (including phenoxy) is 1. The largest absolute Gasteiger partial charge is 0.466 e. The van der Waals surface area contributed by atoms with Crippen molar-refractivity contribution >= 4 is 11.8 Å². The molecule has 0 bridgehead atoms. The summed E-state index contributed by atoms with van der Waals surface area (Å²) in [7, 11) is 1.23. The third-order valence-corrected chi connectivity index (χ3v) is 3.14. The summed E-state index contributed by atoms with van der Waals surface area (Å²) in [4.78, 5) is 23.1. The quantitative estimate of drug-likeness (QED) is 0.800. The number of carbonyl (C=O) groups is 2. The normalized spacial score (nSPS) is 23.4. The molecule has 1 aliphatic rings. The van der Waals surface area contributed by atoms with Crippen molar-refractivity contribution in [3.05, 3.63) is 47.5 Å². The Bertz CT molecular complexity index is 504. The Morgan fingerprint density at radius 3 is 2.61 bits per heavy atom. The lowest BCUT2D eigenvalue weighted by Gasteiger charge is -2.32. The van der Waals surface area contributed by atoms with Crippen LogP contribution in [0.2, 0.25) is 0 Å². The van der Waals surface area contributed by atoms with Crippen LogP contribution in [0, 0.1) is 0 Å². The van der Waals surface area contributed by atoms with Gasteiger partial charge < -0.3 is 9.84 Å². The summed E-state index contributed by atoms with van der Waals surface area (Å²) in [5, 5.41) is 10.7. The van der Waals surface area contributed by atoms with Crippen LogP contribution in [0.4, 0.5) is 0 Å². The van der Waals surface area contributed by atoms with Crippen molar-refractivity contribution in [1.29, 1.82) is 0 Å². The Kier molecular flexibility index (Phi) is 3.30. The first kappa shape index (κ1) is 12.5. The number of esters is 1. The van der Waals surface area contributed by atoms with Gasteiger partial charge in [0, 0.05) is 6.42 Å². The van der Waals surface area contributed by atoms with Crippen LogP contribution < -0.4 is 0 Å². The number of aliphatic hydroxyl groups is 1. The number of hydrogen-bond acceptors (Lipinski definition) is 4. The molecule has 0 saturated carbocycles. The summed E-state index contributed by atoms with van der Waals surface area (Å²) in [6.45, 7) is 0. The first-order valence-electron chi connectivity index (χ1n) is 5.69. The summed E-state index contributed by atoms with van der Waals surface area (Å²) in [6.07, 6.45) is 1.59. The van der Waals surface area contributed by atoms with Gasteiger partial charge in [0.25, 0.3) is 0 Å². The molecule has 0 amide bonds. The molecule has 2 rings (SSSR count). The molecule has 18 heavy (non-hydrogen) atoms. The van der Waals surface area contributed by atoms with Crippen LogP contribution in [0.1, 0.15) is 18.4 Å². The Balaban J connectivity index is 2.51. The van der Waals surface area contributed by atoms with Gasteiger partial charge in [-0.05, 0) is 18.1 Å². The van der Waals surface area contributed by atoms with Gasteiger partial charge in [0.15, 0.2) is 5.78 Å². The zero-order valence-corrected chi connectivity index (χ0v) is 10.1. The molecule has 1 aromatic rings. The van der Waals surface area contributed by atoms with Crippen molar-refractivity contribution in [1.82, 2.24) is 0 Å². The van der Waals surface area contributed by atoms with Crippen LogP contribution in [0.3, 0.4) is 0 Å². The van der Waals surface area contributed by atoms with Crippen LogP contribution in [-0.4, -0.2) is 24.0 Å². The van der Waals surface area contributed by atoms with Crippen molar-refractivity contribution in [2.75, 3.05) is 7.11 Å². The Morgan fingerprint density at radius 2 is 2.00 bits per heavy atom. The van der Waals surface area contributed by atoms with Crippen LogP contribution >= 0.6 is 0 Å². The van der Waals surface area contributed by atoms with E-state index in [1.807, 2.05) is 6.07 Å². The first-order valence-corrected chi connectivity index (χ1v) is 5.69. The van der Waals surface area contributed by atoms with Crippen LogP contribution in [0.5, 0.6) is 0 Å². The minimum Gasteiger partial charge on any atom is -0.466 e. The van der Waals surface area contributed by atoms with Gasteiger partial charge >= 0.3 is 5.97 Å². The third-order valence-electron chi connectivity index (χ3n) is 3.14. The molecule has 4 nitrogen and oxygen atoms in total. The lowest BCUT2D eigenvalue weighted by atomic mass is 9.77. The maximum Gasteiger partial charge on any atom is 0.337 e. The Hall–Kier alpha value is -1.94. The second-order valence-corrected chi connectivity index (χ2v) is 4.24. The molecular formula is C14H14O4. The van der Waals surface area contributed by atoms with Gasteiger partial charge in [0.05, 0.1) is 12.7 Å². The lowest BCUT2D eigenvalue weighted by Crippen LogP contribution is -2.36. The highest BCUT2D eigenvalue weighted by molar-refractivity contribution is 6.02. The van der Waals surface area contributed by atoms with Gasteiger partial charge in [0.1, 0.15) is 5.60 Å². The summed E-state index contributed by atoms with van der Waals surface area (Å²) in [6, 6.07) is 8.83. The molecule has 0 spiro atoms. The second kappa shape index (κ2) is 4.74. The second-order valence-electron chi connectivity index (χ2n) is 4.24. The minimum absolute atomic E-state index is 0.00690. The molecule has 1 aromatic carbocycles. The molecule has 0 saturated heterocycles. The van der Waals surface area contributed by atoms with E-state index in [0.29, 0.717) is 5.56 Å². The molecular weight excluding hydrogens is 232 g/mol. The molecule has 1 unspecified atom stereocenters. The molecule has 0 fully saturated rings. The number of rotatable bonds is 2. The maximum absolute atomic E-state index is 11.7. The third kappa shape index (κ3) is 2.07. The van der Waals surface area contributed by atoms with E-state index < -0.39 is 11.6 Å². The molecule has 1 aliphatic carbocycles. The molecule has 1 N–H and O–H groups in total. The minimum atomic E-state index is -1.44. The van der Waals surface area contributed by atoms with E-state index in [1.54, 1.807) is 24.3 Å². The van der Waals surface area contributed by atoms with Crippen molar-refractivity contribution in [2.24, 2.45) is 0 Å². The van der Waals surface area contributed by atoms with Crippen LogP contribution in [0.15, 0.2) is 42.0 Å². The summed E-state index contributed by atoms with van der Waals surface area (Å²) in [5.41, 5.74) is -0.843. The van der Waals surface area contributed by atoms with E-state index in [4.69, 9.17) is 0 Å². The molecule has 0 radical (unpaired) electrons. The predicted octanol–water partition coefficient (Wildman–Crippen LogP) is 1.34. The molecule has 4 heteroatoms. The van der Waals surface area contributed by atoms with E-state index in [9.17, 15) is 14.7 Å². The van der Waals surface area contributed by atoms with Crippen molar-refractivity contribution in [3.63, 3.8) is 0 Å². The number of methoxy groups -OCH3 is 1. The maximum atomic E-state index is 11.7. The van der Waals surface area contributed by atoms with Gasteiger partial charge in [-0.15, -0.1) is 0 Å². The number of ketones is 1. The van der Waals surface area contributed by atoms with E-state index >= 15 is 0 Å². The number of allylic oxidation sites excluding steroid dienone is 1. The van der Waals surface area contributed by atoms with Gasteiger partial charge in [-0.3, -0.25) is 4.79 Å². The zero-order valence-electron chi connectivity index (χ0n) is 10.1. The van der Waals surface area contributed by atoms with E-state index in [2.05, 4.69) is 4.74 Å². The van der Waals surface area contributed by atoms with Crippen LogP contribution in [0.25, 0.3) is 0 Å². The molecule has 0 aromatic heterocycles. The predicted molar refractivity (Wildman–Crippen MR) is 64.7 cm³/mol. The molecule has 94 valence electrons. The van der Waals surface area contributed by atoms with Crippen molar-refractivity contribution in [3.8, 4) is 0 Å². The smallest absolute Gasteiger partial charge is 0.337 e. The lowest BCUT2D eigenvalue weighted by molar-refractivity contribution is -0.140. The highest BCUT2D eigenvalue weighted by Crippen LogP contribution is 2.37. The van der Waals surface area contributed by atoms with Gasteiger partial charge in [0.2, 0.25) is 0 Å². The standard InChI is InChI=1S/C14H14O4/c1-18-13(16)12-9-11(15)7-8-14(12,17)10-5-3-2-4-6-10/h2-6,9,17H,7-8H2,1H3. The molecule has 0 aliphatic heterocycles. The zero-order chi connectivity index (χ0) is 13.2. The van der Waals surface area contributed by atoms with Gasteiger partial charge in [-0.2, -0.15) is 0 Å². The molecule has 1 atom stereocenters. The average Bonchev–Trinajstić information content (AvgIpc) is 2.42. The van der Waals surface area contributed by atoms with Crippen molar-refractivity contribution in [2.45, 2.75) is 18.4 Å². The first-order chi connectivity index (χ1) is 8.58. The highest BCUT2D eigenvalue weighted by Gasteiger charge is 2.41. The van der Waals surface area contributed by atoms with E-state index in [1.165, 1.54) is 13.2 Å². The van der Waals surface area contributed by atoms with E-state index in [-0.39, 0.29) is 24.2 Å². The number of carbonyl (C=O) groups excluding carboxylic acids is 2. The SMILES string of the molecule is COC(=O)C1=CC(=O)CCC1(O)c1ccccc1. The summed E-state index contributed by atoms with van der Waals surface area (Å²) in [5.74, 6) is -0.842. The fraction of sp³-hybridized carbons (Fsp3) is 0.286. The van der Waals surface area contributed by atoms with Crippen LogP contribution in [-0.2, 0) is 19.9 Å². The highest BCUT2D eigenvalue weighted by atomic mass is 16.5. The number of benzene rings is 1. The summed E-state index contributed by atoms with van der Waals surface area (Å²) >= 11 is 0. The van der Waals surface area contributed by atoms with Crippen molar-refractivity contribution < 1.29 is 19.4 Å². The molecule has 0 heterocycles. The summed E-state index contributed by atoms with van der Waals surface area (Å²) < 4.78 is 4.64. The monoisotopic (exact) mass is 246 g/mol. The number of hydrogen-bond donors (Lipinski definition) is 1. The van der Waals surface area contributed by atoms with Gasteiger partial charge in [-0.25, -0.2) is 4.79 Å². The average molecular weight is 246 g/mol. The Morgan fingerprint density at radius 1 is 1.33 bits per heavy atom. The Labute approximate surface area is 105 Å².